The van der Waals surface area contributed by atoms with Crippen LogP contribution in [-0.2, 0) is 0 Å². The third-order valence-corrected chi connectivity index (χ3v) is 7.59. The number of fused-ring (bicyclic) bond motifs is 7. The topological polar surface area (TPSA) is 41.1 Å². The molecule has 2 saturated carbocycles. The van der Waals surface area contributed by atoms with E-state index in [0.717, 1.165) is 11.6 Å². The predicted molar refractivity (Wildman–Crippen MR) is 121 cm³/mol. The van der Waals surface area contributed by atoms with Gasteiger partial charge < -0.3 is 10.6 Å². The van der Waals surface area contributed by atoms with Crippen molar-refractivity contribution in [2.24, 2.45) is 17.8 Å². The normalized spacial score (nSPS) is 27.8. The summed E-state index contributed by atoms with van der Waals surface area (Å²) in [4.78, 5) is 12.9. The van der Waals surface area contributed by atoms with Crippen molar-refractivity contribution in [1.82, 2.24) is 0 Å². The minimum absolute atomic E-state index is 0.196. The molecular formula is C27H25FN2O. The second kappa shape index (κ2) is 7.23. The van der Waals surface area contributed by atoms with E-state index in [2.05, 4.69) is 47.0 Å². The highest BCUT2D eigenvalue weighted by Gasteiger charge is 2.53. The average molecular weight is 413 g/mol. The Balaban J connectivity index is 1.35. The molecule has 2 aliphatic carbocycles. The van der Waals surface area contributed by atoms with Gasteiger partial charge in [0.05, 0.1) is 6.04 Å². The van der Waals surface area contributed by atoms with Crippen LogP contribution in [0.1, 0.15) is 52.7 Å². The van der Waals surface area contributed by atoms with Crippen molar-refractivity contribution in [3.63, 3.8) is 0 Å². The molecule has 31 heavy (non-hydrogen) atoms. The molecule has 2 fully saturated rings. The van der Waals surface area contributed by atoms with Crippen LogP contribution in [0.3, 0.4) is 0 Å². The van der Waals surface area contributed by atoms with Crippen LogP contribution in [0.5, 0.6) is 0 Å². The maximum atomic E-state index is 13.5. The van der Waals surface area contributed by atoms with Crippen LogP contribution in [0.2, 0.25) is 0 Å². The Kier molecular flexibility index (Phi) is 4.34. The van der Waals surface area contributed by atoms with Crippen LogP contribution in [-0.4, -0.2) is 5.91 Å². The SMILES string of the molecule is O=C(Nc1cccc(F)c1)c1ccc2c(c1)[C@@H]1[C@H]3CC[C@@H](C3)[C@H]1[C@H](c1ccccc1)N2. The molecule has 3 nitrogen and oxygen atoms in total. The summed E-state index contributed by atoms with van der Waals surface area (Å²) in [5, 5.41) is 6.65. The highest BCUT2D eigenvalue weighted by Crippen LogP contribution is 2.63. The largest absolute Gasteiger partial charge is 0.378 e. The van der Waals surface area contributed by atoms with Crippen LogP contribution in [0.4, 0.5) is 15.8 Å². The van der Waals surface area contributed by atoms with Gasteiger partial charge in [-0.1, -0.05) is 36.4 Å². The number of hydrogen-bond donors (Lipinski definition) is 2. The summed E-state index contributed by atoms with van der Waals surface area (Å²) in [5.74, 6) is 1.94. The van der Waals surface area contributed by atoms with Gasteiger partial charge in [0, 0.05) is 16.9 Å². The van der Waals surface area contributed by atoms with Crippen molar-refractivity contribution in [2.45, 2.75) is 31.2 Å². The van der Waals surface area contributed by atoms with Gasteiger partial charge in [-0.3, -0.25) is 4.79 Å². The molecular weight excluding hydrogens is 387 g/mol. The van der Waals surface area contributed by atoms with E-state index in [1.54, 1.807) is 12.1 Å². The van der Waals surface area contributed by atoms with E-state index < -0.39 is 0 Å². The first-order valence-electron chi connectivity index (χ1n) is 11.2. The number of halogens is 1. The average Bonchev–Trinajstić information content (AvgIpc) is 3.42. The molecule has 0 saturated heterocycles. The smallest absolute Gasteiger partial charge is 0.255 e. The standard InChI is InChI=1S/C27H25FN2O/c28-20-7-4-8-21(15-20)29-27(31)19-11-12-23-22(14-19)24-17-9-10-18(13-17)25(24)26(30-23)16-5-2-1-3-6-16/h1-8,11-12,14-15,17-18,24-26,30H,9-10,13H2,(H,29,31)/t17-,18-,24-,25+,26-/m0/s1. The summed E-state index contributed by atoms with van der Waals surface area (Å²) in [6.45, 7) is 0. The fraction of sp³-hybridized carbons (Fsp3) is 0.296. The second-order valence-electron chi connectivity index (χ2n) is 9.24. The van der Waals surface area contributed by atoms with Crippen molar-refractivity contribution < 1.29 is 9.18 Å². The van der Waals surface area contributed by atoms with Gasteiger partial charge in [-0.05, 0) is 90.5 Å². The van der Waals surface area contributed by atoms with Gasteiger partial charge in [0.15, 0.2) is 0 Å². The summed E-state index contributed by atoms with van der Waals surface area (Å²) in [6, 6.07) is 23.1. The molecule has 6 rings (SSSR count). The van der Waals surface area contributed by atoms with Gasteiger partial charge in [-0.25, -0.2) is 4.39 Å². The zero-order chi connectivity index (χ0) is 20.9. The Morgan fingerprint density at radius 2 is 1.77 bits per heavy atom. The Bertz CT molecular complexity index is 1140. The number of carbonyl (C=O) groups is 1. The molecule has 3 aromatic rings. The van der Waals surface area contributed by atoms with Crippen molar-refractivity contribution in [3.05, 3.63) is 95.3 Å². The Hall–Kier alpha value is -3.14. The molecule has 3 aliphatic rings. The monoisotopic (exact) mass is 412 g/mol. The van der Waals surface area contributed by atoms with Crippen LogP contribution in [0.15, 0.2) is 72.8 Å². The first-order valence-corrected chi connectivity index (χ1v) is 11.2. The van der Waals surface area contributed by atoms with E-state index in [0.29, 0.717) is 35.0 Å². The van der Waals surface area contributed by atoms with Crippen molar-refractivity contribution >= 4 is 17.3 Å². The third kappa shape index (κ3) is 3.13. The van der Waals surface area contributed by atoms with Crippen LogP contribution < -0.4 is 10.6 Å². The maximum Gasteiger partial charge on any atom is 0.255 e. The molecule has 2 bridgehead atoms. The van der Waals surface area contributed by atoms with Crippen molar-refractivity contribution in [2.75, 3.05) is 10.6 Å². The van der Waals surface area contributed by atoms with Crippen LogP contribution >= 0.6 is 0 Å². The Morgan fingerprint density at radius 1 is 0.935 bits per heavy atom. The van der Waals surface area contributed by atoms with E-state index in [9.17, 15) is 9.18 Å². The van der Waals surface area contributed by atoms with Gasteiger partial charge in [0.25, 0.3) is 5.91 Å². The third-order valence-electron chi connectivity index (χ3n) is 7.59. The molecule has 1 aliphatic heterocycles. The minimum atomic E-state index is -0.357. The van der Waals surface area contributed by atoms with Crippen LogP contribution in [0, 0.1) is 23.6 Å². The van der Waals surface area contributed by atoms with Gasteiger partial charge in [0.2, 0.25) is 0 Å². The summed E-state index contributed by atoms with van der Waals surface area (Å²) in [6.07, 6.45) is 3.89. The number of anilines is 2. The molecule has 0 unspecified atom stereocenters. The van der Waals surface area contributed by atoms with E-state index in [-0.39, 0.29) is 11.7 Å². The summed E-state index contributed by atoms with van der Waals surface area (Å²) in [7, 11) is 0. The highest BCUT2D eigenvalue weighted by atomic mass is 19.1. The number of nitrogens with one attached hydrogen (secondary N) is 2. The lowest BCUT2D eigenvalue weighted by atomic mass is 9.68. The van der Waals surface area contributed by atoms with E-state index in [1.807, 2.05) is 12.1 Å². The lowest BCUT2D eigenvalue weighted by molar-refractivity contribution is 0.102. The summed E-state index contributed by atoms with van der Waals surface area (Å²) >= 11 is 0. The minimum Gasteiger partial charge on any atom is -0.378 e. The van der Waals surface area contributed by atoms with Gasteiger partial charge in [-0.2, -0.15) is 0 Å². The molecule has 1 amide bonds. The number of amides is 1. The number of hydrogen-bond acceptors (Lipinski definition) is 2. The van der Waals surface area contributed by atoms with Gasteiger partial charge in [-0.15, -0.1) is 0 Å². The van der Waals surface area contributed by atoms with Crippen LogP contribution in [0.25, 0.3) is 0 Å². The van der Waals surface area contributed by atoms with E-state index in [4.69, 9.17) is 0 Å². The van der Waals surface area contributed by atoms with E-state index in [1.165, 1.54) is 42.5 Å². The lowest BCUT2D eigenvalue weighted by Crippen LogP contribution is -2.35. The molecule has 5 atom stereocenters. The van der Waals surface area contributed by atoms with Crippen molar-refractivity contribution in [1.29, 1.82) is 0 Å². The second-order valence-corrected chi connectivity index (χ2v) is 9.24. The quantitative estimate of drug-likeness (QED) is 0.524. The number of benzene rings is 3. The lowest BCUT2D eigenvalue weighted by Gasteiger charge is -2.43. The first-order chi connectivity index (χ1) is 15.2. The molecule has 156 valence electrons. The fourth-order valence-electron chi connectivity index (χ4n) is 6.39. The molecule has 3 aromatic carbocycles. The summed E-state index contributed by atoms with van der Waals surface area (Å²) < 4.78 is 13.5. The Morgan fingerprint density at radius 3 is 2.61 bits per heavy atom. The highest BCUT2D eigenvalue weighted by molar-refractivity contribution is 6.04. The van der Waals surface area contributed by atoms with Crippen molar-refractivity contribution in [3.8, 4) is 0 Å². The fourth-order valence-corrected chi connectivity index (χ4v) is 6.39. The Labute approximate surface area is 181 Å². The first kappa shape index (κ1) is 18.6. The summed E-state index contributed by atoms with van der Waals surface area (Å²) in [5.41, 5.74) is 4.87. The van der Waals surface area contributed by atoms with E-state index >= 15 is 0 Å². The molecule has 4 heteroatoms. The molecule has 1 heterocycles. The molecule has 0 spiro atoms. The van der Waals surface area contributed by atoms with Gasteiger partial charge >= 0.3 is 0 Å². The number of rotatable bonds is 3. The molecule has 0 aromatic heterocycles. The molecule has 0 radical (unpaired) electrons. The van der Waals surface area contributed by atoms with Gasteiger partial charge in [0.1, 0.15) is 5.82 Å². The maximum absolute atomic E-state index is 13.5. The molecule has 2 N–H and O–H groups in total. The number of carbonyl (C=O) groups excluding carboxylic acids is 1. The zero-order valence-corrected chi connectivity index (χ0v) is 17.2. The predicted octanol–water partition coefficient (Wildman–Crippen LogP) is 6.37. The zero-order valence-electron chi connectivity index (χ0n) is 17.2.